The number of Topliss-reactive ketones (excluding diaryl/α,β-unsaturated/α-hetero) is 1. The van der Waals surface area contributed by atoms with Gasteiger partial charge in [-0.1, -0.05) is 84.5 Å². The van der Waals surface area contributed by atoms with Gasteiger partial charge in [0.1, 0.15) is 5.78 Å². The van der Waals surface area contributed by atoms with Crippen molar-refractivity contribution in [2.45, 2.75) is 129 Å². The van der Waals surface area contributed by atoms with Crippen molar-refractivity contribution in [3.05, 3.63) is 0 Å². The molecule has 0 fully saturated rings. The second-order valence-corrected chi connectivity index (χ2v) is 8.57. The minimum atomic E-state index is -0.918. The minimum absolute atomic E-state index is 0.0312. The number of esters is 1. The lowest BCUT2D eigenvalue weighted by Gasteiger charge is -2.16. The zero-order valence-electron chi connectivity index (χ0n) is 19.6. The van der Waals surface area contributed by atoms with Crippen LogP contribution in [-0.4, -0.2) is 29.4 Å². The summed E-state index contributed by atoms with van der Waals surface area (Å²) in [6.45, 7) is 5.02. The van der Waals surface area contributed by atoms with Crippen LogP contribution in [0, 0.1) is 5.92 Å². The van der Waals surface area contributed by atoms with E-state index in [1.807, 2.05) is 0 Å². The highest BCUT2D eigenvalue weighted by atomic mass is 16.5. The molecule has 0 saturated carbocycles. The second-order valence-electron chi connectivity index (χ2n) is 8.57. The zero-order valence-corrected chi connectivity index (χ0v) is 19.6. The van der Waals surface area contributed by atoms with Crippen LogP contribution >= 0.6 is 0 Å². The molecular weight excluding hydrogens is 380 g/mol. The van der Waals surface area contributed by atoms with Gasteiger partial charge in [-0.2, -0.15) is 0 Å². The van der Waals surface area contributed by atoms with Crippen LogP contribution < -0.4 is 0 Å². The van der Waals surface area contributed by atoms with Crippen LogP contribution in [0.1, 0.15) is 129 Å². The zero-order chi connectivity index (χ0) is 22.5. The number of aliphatic carboxylic acids is 1. The quantitative estimate of drug-likeness (QED) is 0.151. The van der Waals surface area contributed by atoms with Gasteiger partial charge in [-0.25, -0.2) is 0 Å². The predicted octanol–water partition coefficient (Wildman–Crippen LogP) is 6.86. The highest BCUT2D eigenvalue weighted by Gasteiger charge is 2.10. The third-order valence-corrected chi connectivity index (χ3v) is 5.68. The average Bonchev–Trinajstić information content (AvgIpc) is 2.71. The van der Waals surface area contributed by atoms with Crippen molar-refractivity contribution in [2.24, 2.45) is 5.92 Å². The maximum absolute atomic E-state index is 11.9. The molecule has 5 heteroatoms. The maximum atomic E-state index is 11.9. The number of carboxylic acid groups (broad SMARTS) is 1. The topological polar surface area (TPSA) is 80.7 Å². The molecule has 0 aliphatic carbocycles. The summed E-state index contributed by atoms with van der Waals surface area (Å²) in [7, 11) is 0. The van der Waals surface area contributed by atoms with E-state index < -0.39 is 5.97 Å². The largest absolute Gasteiger partial charge is 0.481 e. The minimum Gasteiger partial charge on any atom is -0.481 e. The smallest absolute Gasteiger partial charge is 0.305 e. The molecule has 0 aromatic heterocycles. The van der Waals surface area contributed by atoms with Crippen LogP contribution in [0.4, 0.5) is 0 Å². The molecule has 0 rings (SSSR count). The summed E-state index contributed by atoms with van der Waals surface area (Å²) in [5.41, 5.74) is 0. The van der Waals surface area contributed by atoms with Crippen molar-refractivity contribution in [3.63, 3.8) is 0 Å². The number of ketones is 1. The number of hydrogen-bond donors (Lipinski definition) is 1. The number of carboxylic acids is 1. The average molecular weight is 427 g/mol. The third kappa shape index (κ3) is 19.9. The van der Waals surface area contributed by atoms with Crippen LogP contribution in [0.2, 0.25) is 0 Å². The second kappa shape index (κ2) is 20.9. The summed E-state index contributed by atoms with van der Waals surface area (Å²) in [6.07, 6.45) is 16.7. The SMILES string of the molecule is CCCCCC(CCCCC)CCOC(=O)CCCCCCCC(=O)CCC(=O)O. The van der Waals surface area contributed by atoms with Gasteiger partial charge in [0, 0.05) is 19.3 Å². The third-order valence-electron chi connectivity index (χ3n) is 5.68. The van der Waals surface area contributed by atoms with Crippen molar-refractivity contribution >= 4 is 17.7 Å². The van der Waals surface area contributed by atoms with Gasteiger partial charge in [0.25, 0.3) is 0 Å². The van der Waals surface area contributed by atoms with E-state index in [-0.39, 0.29) is 24.6 Å². The molecule has 0 amide bonds. The molecule has 0 aromatic carbocycles. The van der Waals surface area contributed by atoms with Crippen molar-refractivity contribution in [2.75, 3.05) is 6.61 Å². The number of rotatable bonds is 22. The Hall–Kier alpha value is -1.39. The normalized spacial score (nSPS) is 11.0. The van der Waals surface area contributed by atoms with E-state index >= 15 is 0 Å². The van der Waals surface area contributed by atoms with Crippen LogP contribution in [0.5, 0.6) is 0 Å². The number of hydrogen-bond acceptors (Lipinski definition) is 4. The lowest BCUT2D eigenvalue weighted by atomic mass is 9.92. The summed E-state index contributed by atoms with van der Waals surface area (Å²) < 4.78 is 5.46. The van der Waals surface area contributed by atoms with E-state index in [9.17, 15) is 14.4 Å². The molecule has 30 heavy (non-hydrogen) atoms. The van der Waals surface area contributed by atoms with Crippen molar-refractivity contribution in [3.8, 4) is 0 Å². The fourth-order valence-corrected chi connectivity index (χ4v) is 3.70. The van der Waals surface area contributed by atoms with Crippen LogP contribution in [0.3, 0.4) is 0 Å². The molecule has 0 bridgehead atoms. The Labute approximate surface area is 184 Å². The van der Waals surface area contributed by atoms with E-state index in [1.54, 1.807) is 0 Å². The Bertz CT molecular complexity index is 437. The van der Waals surface area contributed by atoms with E-state index in [2.05, 4.69) is 13.8 Å². The van der Waals surface area contributed by atoms with E-state index in [0.717, 1.165) is 38.5 Å². The fraction of sp³-hybridized carbons (Fsp3) is 0.880. The lowest BCUT2D eigenvalue weighted by molar-refractivity contribution is -0.144. The van der Waals surface area contributed by atoms with Gasteiger partial charge in [-0.05, 0) is 25.2 Å². The van der Waals surface area contributed by atoms with Crippen LogP contribution in [-0.2, 0) is 19.1 Å². The molecule has 0 unspecified atom stereocenters. The Kier molecular flexibility index (Phi) is 19.9. The first-order chi connectivity index (χ1) is 14.5. The summed E-state index contributed by atoms with van der Waals surface area (Å²) in [4.78, 5) is 33.9. The Morgan fingerprint density at radius 3 is 1.80 bits per heavy atom. The number of ether oxygens (including phenoxy) is 1. The molecule has 0 saturated heterocycles. The van der Waals surface area contributed by atoms with Crippen molar-refractivity contribution in [1.82, 2.24) is 0 Å². The molecular formula is C25H46O5. The lowest BCUT2D eigenvalue weighted by Crippen LogP contribution is -2.10. The molecule has 0 aliphatic rings. The van der Waals surface area contributed by atoms with E-state index in [1.165, 1.54) is 51.4 Å². The molecule has 0 atom stereocenters. The van der Waals surface area contributed by atoms with E-state index in [4.69, 9.17) is 9.84 Å². The summed E-state index contributed by atoms with van der Waals surface area (Å²) in [5, 5.41) is 8.55. The number of carbonyl (C=O) groups is 3. The van der Waals surface area contributed by atoms with Gasteiger partial charge in [0.05, 0.1) is 13.0 Å². The Morgan fingerprint density at radius 2 is 1.23 bits per heavy atom. The molecule has 176 valence electrons. The van der Waals surface area contributed by atoms with Gasteiger partial charge < -0.3 is 9.84 Å². The van der Waals surface area contributed by atoms with Gasteiger partial charge >= 0.3 is 11.9 Å². The Morgan fingerprint density at radius 1 is 0.667 bits per heavy atom. The van der Waals surface area contributed by atoms with Gasteiger partial charge in [0.15, 0.2) is 0 Å². The number of unbranched alkanes of at least 4 members (excludes halogenated alkanes) is 8. The molecule has 5 nitrogen and oxygen atoms in total. The molecule has 0 aliphatic heterocycles. The standard InChI is InChI=1S/C25H46O5/c1-3-5-10-14-22(15-11-6-4-2)20-21-30-25(29)17-13-9-7-8-12-16-23(26)18-19-24(27)28/h22H,3-21H2,1-2H3,(H,27,28). The first-order valence-electron chi connectivity index (χ1n) is 12.4. The highest BCUT2D eigenvalue weighted by Crippen LogP contribution is 2.21. The van der Waals surface area contributed by atoms with Gasteiger partial charge in [0.2, 0.25) is 0 Å². The number of carbonyl (C=O) groups excluding carboxylic acids is 2. The highest BCUT2D eigenvalue weighted by molar-refractivity contribution is 5.82. The molecule has 0 aromatic rings. The Balaban J connectivity index is 3.69. The first-order valence-corrected chi connectivity index (χ1v) is 12.4. The molecule has 1 N–H and O–H groups in total. The summed E-state index contributed by atoms with van der Waals surface area (Å²) in [6, 6.07) is 0. The summed E-state index contributed by atoms with van der Waals surface area (Å²) in [5.74, 6) is -0.281. The first kappa shape index (κ1) is 28.6. The molecule has 0 spiro atoms. The van der Waals surface area contributed by atoms with Crippen LogP contribution in [0.25, 0.3) is 0 Å². The fourth-order valence-electron chi connectivity index (χ4n) is 3.70. The monoisotopic (exact) mass is 426 g/mol. The van der Waals surface area contributed by atoms with Crippen molar-refractivity contribution < 1.29 is 24.2 Å². The molecule has 0 radical (unpaired) electrons. The van der Waals surface area contributed by atoms with Crippen molar-refractivity contribution in [1.29, 1.82) is 0 Å². The predicted molar refractivity (Wildman–Crippen MR) is 122 cm³/mol. The van der Waals surface area contributed by atoms with Gasteiger partial charge in [-0.15, -0.1) is 0 Å². The maximum Gasteiger partial charge on any atom is 0.305 e. The van der Waals surface area contributed by atoms with Crippen LogP contribution in [0.15, 0.2) is 0 Å². The summed E-state index contributed by atoms with van der Waals surface area (Å²) >= 11 is 0. The van der Waals surface area contributed by atoms with E-state index in [0.29, 0.717) is 25.4 Å². The van der Waals surface area contributed by atoms with Gasteiger partial charge in [-0.3, -0.25) is 14.4 Å². The molecule has 0 heterocycles.